The summed E-state index contributed by atoms with van der Waals surface area (Å²) in [4.78, 5) is 11.9. The van der Waals surface area contributed by atoms with E-state index in [2.05, 4.69) is 17.5 Å². The molecule has 0 aromatic heterocycles. The second kappa shape index (κ2) is 7.98. The average Bonchev–Trinajstić information content (AvgIpc) is 2.57. The summed E-state index contributed by atoms with van der Waals surface area (Å²) in [5.41, 5.74) is 4.42. The Morgan fingerprint density at radius 3 is 2.48 bits per heavy atom. The topological polar surface area (TPSA) is 70.9 Å². The van der Waals surface area contributed by atoms with E-state index in [0.29, 0.717) is 5.75 Å². The Kier molecular flexibility index (Phi) is 5.74. The molecule has 2 aromatic rings. The van der Waals surface area contributed by atoms with Gasteiger partial charge in [0, 0.05) is 0 Å². The number of benzene rings is 2. The third kappa shape index (κ3) is 5.14. The summed E-state index contributed by atoms with van der Waals surface area (Å²) >= 11 is 0. The molecule has 0 aliphatic carbocycles. The van der Waals surface area contributed by atoms with Crippen molar-refractivity contribution in [2.24, 2.45) is 5.10 Å². The van der Waals surface area contributed by atoms with Crippen LogP contribution in [0, 0.1) is 0 Å². The van der Waals surface area contributed by atoms with Gasteiger partial charge in [-0.2, -0.15) is 5.10 Å². The summed E-state index contributed by atoms with van der Waals surface area (Å²) in [6, 6.07) is 14.1. The molecule has 120 valence electrons. The number of aryl methyl sites for hydroxylation is 1. The lowest BCUT2D eigenvalue weighted by molar-refractivity contribution is -0.127. The van der Waals surface area contributed by atoms with Crippen molar-refractivity contribution < 1.29 is 14.6 Å². The molecule has 0 saturated heterocycles. The zero-order chi connectivity index (χ0) is 16.7. The first-order valence-electron chi connectivity index (χ1n) is 7.46. The van der Waals surface area contributed by atoms with Gasteiger partial charge in [0.15, 0.2) is 6.10 Å². The number of phenolic OH excluding ortho intramolecular Hbond substituents is 1. The van der Waals surface area contributed by atoms with Crippen molar-refractivity contribution in [3.8, 4) is 11.5 Å². The molecule has 2 rings (SSSR count). The molecule has 0 heterocycles. The molecule has 0 saturated carbocycles. The molecule has 5 heteroatoms. The number of nitrogens with one attached hydrogen (secondary N) is 1. The summed E-state index contributed by atoms with van der Waals surface area (Å²) in [5.74, 6) is 0.495. The third-order valence-electron chi connectivity index (χ3n) is 3.30. The first-order chi connectivity index (χ1) is 11.1. The second-order valence-electron chi connectivity index (χ2n) is 5.08. The Hall–Kier alpha value is -2.82. The highest BCUT2D eigenvalue weighted by Crippen LogP contribution is 2.14. The van der Waals surface area contributed by atoms with Crippen LogP contribution in [0.1, 0.15) is 25.0 Å². The molecule has 1 unspecified atom stereocenters. The zero-order valence-corrected chi connectivity index (χ0v) is 13.2. The highest BCUT2D eigenvalue weighted by Gasteiger charge is 2.13. The lowest BCUT2D eigenvalue weighted by Gasteiger charge is -2.13. The number of hydrogen-bond donors (Lipinski definition) is 2. The number of carbonyl (C=O) groups excluding carboxylic acids is 1. The van der Waals surface area contributed by atoms with Crippen LogP contribution in [0.2, 0.25) is 0 Å². The first-order valence-corrected chi connectivity index (χ1v) is 7.46. The molecule has 1 amide bonds. The quantitative estimate of drug-likeness (QED) is 0.636. The maximum absolute atomic E-state index is 11.9. The molecule has 5 nitrogen and oxygen atoms in total. The molecule has 1 atom stereocenters. The largest absolute Gasteiger partial charge is 0.508 e. The van der Waals surface area contributed by atoms with Gasteiger partial charge in [-0.05, 0) is 60.9 Å². The normalized spacial score (nSPS) is 12.1. The fourth-order valence-electron chi connectivity index (χ4n) is 1.88. The van der Waals surface area contributed by atoms with Crippen molar-refractivity contribution in [3.05, 3.63) is 59.7 Å². The Balaban J connectivity index is 1.85. The van der Waals surface area contributed by atoms with Gasteiger partial charge in [0.2, 0.25) is 0 Å². The Morgan fingerprint density at radius 2 is 1.87 bits per heavy atom. The predicted molar refractivity (Wildman–Crippen MR) is 89.8 cm³/mol. The lowest BCUT2D eigenvalue weighted by atomic mass is 10.2. The molecule has 0 spiro atoms. The van der Waals surface area contributed by atoms with Gasteiger partial charge < -0.3 is 9.84 Å². The van der Waals surface area contributed by atoms with E-state index in [4.69, 9.17) is 4.74 Å². The highest BCUT2D eigenvalue weighted by molar-refractivity contribution is 5.84. The minimum Gasteiger partial charge on any atom is -0.508 e. The van der Waals surface area contributed by atoms with Gasteiger partial charge in [-0.15, -0.1) is 0 Å². The van der Waals surface area contributed by atoms with Crippen molar-refractivity contribution in [2.75, 3.05) is 0 Å². The van der Waals surface area contributed by atoms with Crippen molar-refractivity contribution in [1.82, 2.24) is 5.43 Å². The lowest BCUT2D eigenvalue weighted by Crippen LogP contribution is -2.33. The molecular formula is C18H20N2O3. The number of aromatic hydroxyl groups is 1. The third-order valence-corrected chi connectivity index (χ3v) is 3.30. The standard InChI is InChI=1S/C18H20N2O3/c1-3-14-6-10-17(11-7-14)23-13(2)18(22)20-19-12-15-4-8-16(21)9-5-15/h4-13,21H,3H2,1-2H3,(H,20,22). The molecule has 0 bridgehead atoms. The minimum absolute atomic E-state index is 0.183. The van der Waals surface area contributed by atoms with Gasteiger partial charge in [0.05, 0.1) is 6.21 Å². The molecule has 0 fully saturated rings. The molecule has 23 heavy (non-hydrogen) atoms. The number of hydrazone groups is 1. The molecule has 2 N–H and O–H groups in total. The summed E-state index contributed by atoms with van der Waals surface area (Å²) in [5, 5.41) is 13.1. The summed E-state index contributed by atoms with van der Waals surface area (Å²) < 4.78 is 5.58. The van der Waals surface area contributed by atoms with Crippen molar-refractivity contribution >= 4 is 12.1 Å². The Labute approximate surface area is 135 Å². The van der Waals surface area contributed by atoms with Gasteiger partial charge >= 0.3 is 0 Å². The van der Waals surface area contributed by atoms with Crippen LogP contribution in [0.5, 0.6) is 11.5 Å². The number of carbonyl (C=O) groups is 1. The summed E-state index contributed by atoms with van der Waals surface area (Å²) in [6.45, 7) is 3.75. The Morgan fingerprint density at radius 1 is 1.22 bits per heavy atom. The summed E-state index contributed by atoms with van der Waals surface area (Å²) in [6.07, 6.45) is 1.81. The SMILES string of the molecule is CCc1ccc(OC(C)C(=O)NN=Cc2ccc(O)cc2)cc1. The monoisotopic (exact) mass is 312 g/mol. The van der Waals surface area contributed by atoms with E-state index in [-0.39, 0.29) is 11.7 Å². The van der Waals surface area contributed by atoms with E-state index in [0.717, 1.165) is 12.0 Å². The minimum atomic E-state index is -0.653. The van der Waals surface area contributed by atoms with Crippen LogP contribution in [-0.4, -0.2) is 23.3 Å². The molecule has 0 radical (unpaired) electrons. The number of hydrogen-bond acceptors (Lipinski definition) is 4. The molecule has 0 aliphatic heterocycles. The number of rotatable bonds is 6. The van der Waals surface area contributed by atoms with E-state index >= 15 is 0 Å². The Bertz CT molecular complexity index is 664. The number of nitrogens with zero attached hydrogens (tertiary/aromatic N) is 1. The van der Waals surface area contributed by atoms with Crippen LogP contribution in [0.4, 0.5) is 0 Å². The molecule has 0 aliphatic rings. The van der Waals surface area contributed by atoms with E-state index in [1.54, 1.807) is 31.2 Å². The first kappa shape index (κ1) is 16.5. The van der Waals surface area contributed by atoms with Gasteiger partial charge in [-0.3, -0.25) is 4.79 Å². The smallest absolute Gasteiger partial charge is 0.280 e. The van der Waals surface area contributed by atoms with Crippen molar-refractivity contribution in [1.29, 1.82) is 0 Å². The van der Waals surface area contributed by atoms with Crippen LogP contribution >= 0.6 is 0 Å². The van der Waals surface area contributed by atoms with Crippen LogP contribution in [0.15, 0.2) is 53.6 Å². The number of phenols is 1. The van der Waals surface area contributed by atoms with E-state index in [1.165, 1.54) is 11.8 Å². The van der Waals surface area contributed by atoms with Crippen LogP contribution in [0.3, 0.4) is 0 Å². The van der Waals surface area contributed by atoms with Crippen LogP contribution in [0.25, 0.3) is 0 Å². The van der Waals surface area contributed by atoms with Gasteiger partial charge in [-0.1, -0.05) is 19.1 Å². The number of ether oxygens (including phenoxy) is 1. The molecular weight excluding hydrogens is 292 g/mol. The summed E-state index contributed by atoms with van der Waals surface area (Å²) in [7, 11) is 0. The van der Waals surface area contributed by atoms with Crippen LogP contribution in [-0.2, 0) is 11.2 Å². The maximum Gasteiger partial charge on any atom is 0.280 e. The van der Waals surface area contributed by atoms with E-state index in [1.807, 2.05) is 24.3 Å². The van der Waals surface area contributed by atoms with E-state index < -0.39 is 6.10 Å². The van der Waals surface area contributed by atoms with E-state index in [9.17, 15) is 9.90 Å². The zero-order valence-electron chi connectivity index (χ0n) is 13.2. The predicted octanol–water partition coefficient (Wildman–Crippen LogP) is 2.87. The van der Waals surface area contributed by atoms with Crippen LogP contribution < -0.4 is 10.2 Å². The fourth-order valence-corrected chi connectivity index (χ4v) is 1.88. The fraction of sp³-hybridized carbons (Fsp3) is 0.222. The van der Waals surface area contributed by atoms with Gasteiger partial charge in [-0.25, -0.2) is 5.43 Å². The van der Waals surface area contributed by atoms with Gasteiger partial charge in [0.25, 0.3) is 5.91 Å². The number of amides is 1. The highest BCUT2D eigenvalue weighted by atomic mass is 16.5. The van der Waals surface area contributed by atoms with Gasteiger partial charge in [0.1, 0.15) is 11.5 Å². The van der Waals surface area contributed by atoms with Crippen molar-refractivity contribution in [2.45, 2.75) is 26.4 Å². The van der Waals surface area contributed by atoms with Crippen molar-refractivity contribution in [3.63, 3.8) is 0 Å². The maximum atomic E-state index is 11.9. The molecule has 2 aromatic carbocycles. The average molecular weight is 312 g/mol. The second-order valence-corrected chi connectivity index (χ2v) is 5.08.